The predicted octanol–water partition coefficient (Wildman–Crippen LogP) is 1.17. The lowest BCUT2D eigenvalue weighted by atomic mass is 9.98. The molecule has 2 aliphatic rings. The monoisotopic (exact) mass is 301 g/mol. The Morgan fingerprint density at radius 3 is 2.68 bits per heavy atom. The van der Waals surface area contributed by atoms with Gasteiger partial charge in [0.25, 0.3) is 0 Å². The summed E-state index contributed by atoms with van der Waals surface area (Å²) in [5.74, 6) is 0.267. The van der Waals surface area contributed by atoms with Gasteiger partial charge in [-0.2, -0.15) is 10.4 Å². The maximum Gasteiger partial charge on any atom is 0.235 e. The maximum absolute atomic E-state index is 12.1. The van der Waals surface area contributed by atoms with Crippen LogP contribution in [0.2, 0.25) is 0 Å². The molecule has 118 valence electrons. The number of nitriles is 1. The molecule has 1 atom stereocenters. The van der Waals surface area contributed by atoms with E-state index in [0.717, 1.165) is 37.3 Å². The zero-order valence-corrected chi connectivity index (χ0v) is 13.5. The first kappa shape index (κ1) is 15.0. The Labute approximate surface area is 131 Å². The van der Waals surface area contributed by atoms with Crippen molar-refractivity contribution in [2.24, 2.45) is 5.92 Å². The fourth-order valence-electron chi connectivity index (χ4n) is 3.26. The highest BCUT2D eigenvalue weighted by Crippen LogP contribution is 2.39. The highest BCUT2D eigenvalue weighted by molar-refractivity contribution is 5.79. The Bertz CT molecular complexity index is 621. The summed E-state index contributed by atoms with van der Waals surface area (Å²) in [5, 5.41) is 16.7. The van der Waals surface area contributed by atoms with Crippen LogP contribution in [0.15, 0.2) is 6.07 Å². The average Bonchev–Trinajstić information content (AvgIpc) is 3.20. The lowest BCUT2D eigenvalue weighted by molar-refractivity contribution is -0.125. The smallest absolute Gasteiger partial charge is 0.235 e. The fraction of sp³-hybridized carbons (Fsp3) is 0.688. The van der Waals surface area contributed by atoms with Crippen LogP contribution >= 0.6 is 0 Å². The maximum atomic E-state index is 12.1. The van der Waals surface area contributed by atoms with Gasteiger partial charge in [-0.15, -0.1) is 0 Å². The van der Waals surface area contributed by atoms with Gasteiger partial charge < -0.3 is 5.32 Å². The minimum Gasteiger partial charge on any atom is -0.337 e. The molecular weight excluding hydrogens is 278 g/mol. The predicted molar refractivity (Wildman–Crippen MR) is 82.1 cm³/mol. The molecule has 6 nitrogen and oxygen atoms in total. The molecule has 1 saturated carbocycles. The lowest BCUT2D eigenvalue weighted by Gasteiger charge is -2.39. The summed E-state index contributed by atoms with van der Waals surface area (Å²) in [7, 11) is 0. The molecule has 0 aromatic carbocycles. The van der Waals surface area contributed by atoms with E-state index < -0.39 is 5.54 Å². The fourth-order valence-corrected chi connectivity index (χ4v) is 3.26. The van der Waals surface area contributed by atoms with Gasteiger partial charge >= 0.3 is 0 Å². The van der Waals surface area contributed by atoms with Gasteiger partial charge in [-0.1, -0.05) is 0 Å². The Morgan fingerprint density at radius 1 is 1.50 bits per heavy atom. The second-order valence-electron chi connectivity index (χ2n) is 6.86. The van der Waals surface area contributed by atoms with Crippen molar-refractivity contribution in [1.29, 1.82) is 5.26 Å². The molecule has 1 saturated heterocycles. The first-order valence-corrected chi connectivity index (χ1v) is 7.88. The molecule has 3 rings (SSSR count). The quantitative estimate of drug-likeness (QED) is 0.886. The third-order valence-corrected chi connectivity index (χ3v) is 4.72. The van der Waals surface area contributed by atoms with Gasteiger partial charge in [0.05, 0.1) is 24.3 Å². The summed E-state index contributed by atoms with van der Waals surface area (Å²) >= 11 is 0. The molecule has 1 aromatic rings. The van der Waals surface area contributed by atoms with E-state index in [9.17, 15) is 10.1 Å². The van der Waals surface area contributed by atoms with E-state index in [1.165, 1.54) is 0 Å². The van der Waals surface area contributed by atoms with E-state index in [2.05, 4.69) is 34.4 Å². The summed E-state index contributed by atoms with van der Waals surface area (Å²) in [6.45, 7) is 7.92. The van der Waals surface area contributed by atoms with E-state index in [-0.39, 0.29) is 5.91 Å². The minimum atomic E-state index is -0.697. The molecule has 2 heterocycles. The van der Waals surface area contributed by atoms with Gasteiger partial charge in [-0.25, -0.2) is 0 Å². The van der Waals surface area contributed by atoms with Crippen LogP contribution in [-0.2, 0) is 4.79 Å². The largest absolute Gasteiger partial charge is 0.337 e. The van der Waals surface area contributed by atoms with E-state index >= 15 is 0 Å². The molecule has 22 heavy (non-hydrogen) atoms. The van der Waals surface area contributed by atoms with E-state index in [0.29, 0.717) is 18.5 Å². The third kappa shape index (κ3) is 2.86. The van der Waals surface area contributed by atoms with E-state index in [4.69, 9.17) is 0 Å². The van der Waals surface area contributed by atoms with E-state index in [1.807, 2.05) is 18.5 Å². The molecule has 1 N–H and O–H groups in total. The first-order chi connectivity index (χ1) is 10.4. The molecule has 0 spiro atoms. The average molecular weight is 301 g/mol. The van der Waals surface area contributed by atoms with Crippen LogP contribution in [0.3, 0.4) is 0 Å². The molecule has 1 aliphatic carbocycles. The third-order valence-electron chi connectivity index (χ3n) is 4.72. The second-order valence-corrected chi connectivity index (χ2v) is 6.86. The van der Waals surface area contributed by atoms with Crippen LogP contribution in [0.4, 0.5) is 0 Å². The van der Waals surface area contributed by atoms with Crippen molar-refractivity contribution in [2.75, 3.05) is 19.6 Å². The lowest BCUT2D eigenvalue weighted by Crippen LogP contribution is -2.55. The second kappa shape index (κ2) is 5.40. The number of rotatable bonds is 5. The number of aryl methyl sites for hydroxylation is 2. The summed E-state index contributed by atoms with van der Waals surface area (Å²) in [6, 6.07) is 4.69. The SMILES string of the molecule is Cc1cc(C)n(C2CN(CC(=O)N[C@@](C)(C#N)C3CC3)C2)n1. The number of amides is 1. The molecular formula is C16H23N5O. The Balaban J connectivity index is 1.49. The minimum absolute atomic E-state index is 0.0530. The number of carbonyl (C=O) groups excluding carboxylic acids is 1. The number of hydrogen-bond acceptors (Lipinski definition) is 4. The highest BCUT2D eigenvalue weighted by atomic mass is 16.2. The number of hydrogen-bond donors (Lipinski definition) is 1. The highest BCUT2D eigenvalue weighted by Gasteiger charge is 2.43. The van der Waals surface area contributed by atoms with Gasteiger partial charge in [0.1, 0.15) is 5.54 Å². The summed E-state index contributed by atoms with van der Waals surface area (Å²) < 4.78 is 2.05. The summed E-state index contributed by atoms with van der Waals surface area (Å²) in [4.78, 5) is 14.2. The summed E-state index contributed by atoms with van der Waals surface area (Å²) in [5.41, 5.74) is 1.50. The number of carbonyl (C=O) groups is 1. The first-order valence-electron chi connectivity index (χ1n) is 7.88. The van der Waals surface area contributed by atoms with Crippen molar-refractivity contribution >= 4 is 5.91 Å². The van der Waals surface area contributed by atoms with Crippen LogP contribution in [0.1, 0.15) is 37.2 Å². The van der Waals surface area contributed by atoms with E-state index in [1.54, 1.807) is 0 Å². The van der Waals surface area contributed by atoms with Gasteiger partial charge in [0.2, 0.25) is 5.91 Å². The van der Waals surface area contributed by atoms with Crippen LogP contribution in [0.5, 0.6) is 0 Å². The normalized spacial score (nSPS) is 21.7. The molecule has 6 heteroatoms. The van der Waals surface area contributed by atoms with Gasteiger partial charge in [0.15, 0.2) is 0 Å². The van der Waals surface area contributed by atoms with Crippen LogP contribution in [0, 0.1) is 31.1 Å². The Morgan fingerprint density at radius 2 is 2.18 bits per heavy atom. The van der Waals surface area contributed by atoms with Crippen LogP contribution < -0.4 is 5.32 Å². The number of likely N-dealkylation sites (tertiary alicyclic amines) is 1. The zero-order valence-electron chi connectivity index (χ0n) is 13.5. The number of aromatic nitrogens is 2. The molecule has 1 aromatic heterocycles. The molecule has 1 aliphatic heterocycles. The molecule has 0 bridgehead atoms. The van der Waals surface area contributed by atoms with Crippen LogP contribution in [-0.4, -0.2) is 45.8 Å². The van der Waals surface area contributed by atoms with Crippen LogP contribution in [0.25, 0.3) is 0 Å². The Hall–Kier alpha value is -1.87. The van der Waals surface area contributed by atoms with Crippen molar-refractivity contribution in [3.8, 4) is 6.07 Å². The molecule has 0 radical (unpaired) electrons. The standard InChI is InChI=1S/C16H23N5O/c1-11-6-12(2)21(19-11)14-7-20(8-14)9-15(22)18-16(3,10-17)13-4-5-13/h6,13-14H,4-5,7-9H2,1-3H3,(H,18,22)/t16-/m0/s1. The topological polar surface area (TPSA) is 74.0 Å². The Kier molecular flexibility index (Phi) is 3.69. The van der Waals surface area contributed by atoms with Gasteiger partial charge in [-0.3, -0.25) is 14.4 Å². The molecule has 2 fully saturated rings. The number of nitrogens with one attached hydrogen (secondary N) is 1. The van der Waals surface area contributed by atoms with Crippen molar-refractivity contribution in [3.05, 3.63) is 17.5 Å². The molecule has 0 unspecified atom stereocenters. The van der Waals surface area contributed by atoms with Gasteiger partial charge in [0, 0.05) is 18.8 Å². The van der Waals surface area contributed by atoms with Crippen molar-refractivity contribution in [3.63, 3.8) is 0 Å². The van der Waals surface area contributed by atoms with Crippen molar-refractivity contribution in [2.45, 2.75) is 45.2 Å². The zero-order chi connectivity index (χ0) is 15.9. The van der Waals surface area contributed by atoms with Crippen molar-refractivity contribution < 1.29 is 4.79 Å². The van der Waals surface area contributed by atoms with Crippen molar-refractivity contribution in [1.82, 2.24) is 20.0 Å². The number of nitrogens with zero attached hydrogens (tertiary/aromatic N) is 4. The van der Waals surface area contributed by atoms with Gasteiger partial charge in [-0.05, 0) is 45.6 Å². The molecule has 1 amide bonds. The summed E-state index contributed by atoms with van der Waals surface area (Å²) in [6.07, 6.45) is 2.07.